The van der Waals surface area contributed by atoms with Gasteiger partial charge in [0.2, 0.25) is 0 Å². The molecule has 1 N–H and O–H groups in total. The van der Waals surface area contributed by atoms with Crippen molar-refractivity contribution >= 4 is 23.4 Å². The van der Waals surface area contributed by atoms with Gasteiger partial charge in [-0.2, -0.15) is 0 Å². The number of halogens is 1. The Balaban J connectivity index is 2.36. The molecule has 0 amide bonds. The van der Waals surface area contributed by atoms with E-state index in [4.69, 9.17) is 11.6 Å². The van der Waals surface area contributed by atoms with Gasteiger partial charge in [0.25, 0.3) is 0 Å². The highest BCUT2D eigenvalue weighted by molar-refractivity contribution is 7.99. The molecule has 3 atom stereocenters. The normalized spacial score (nSPS) is 16.5. The Hall–Kier alpha value is -0.180. The summed E-state index contributed by atoms with van der Waals surface area (Å²) in [5, 5.41) is 9.93. The van der Waals surface area contributed by atoms with Crippen LogP contribution in [0.1, 0.15) is 26.7 Å². The van der Waals surface area contributed by atoms with Crippen LogP contribution in [-0.4, -0.2) is 22.3 Å². The summed E-state index contributed by atoms with van der Waals surface area (Å²) >= 11 is 7.92. The van der Waals surface area contributed by atoms with Crippen LogP contribution in [0, 0.1) is 5.92 Å². The third-order valence-corrected chi connectivity index (χ3v) is 4.55. The Labute approximate surface area is 114 Å². The van der Waals surface area contributed by atoms with E-state index in [1.807, 2.05) is 18.2 Å². The fourth-order valence-corrected chi connectivity index (χ4v) is 3.11. The predicted molar refractivity (Wildman–Crippen MR) is 76.9 cm³/mol. The van der Waals surface area contributed by atoms with Gasteiger partial charge in [-0.15, -0.1) is 23.4 Å². The molecule has 0 aliphatic carbocycles. The van der Waals surface area contributed by atoms with Gasteiger partial charge >= 0.3 is 0 Å². The molecule has 0 fully saturated rings. The third kappa shape index (κ3) is 5.33. The summed E-state index contributed by atoms with van der Waals surface area (Å²) in [7, 11) is 0. The summed E-state index contributed by atoms with van der Waals surface area (Å²) in [5.41, 5.74) is 0. The second kappa shape index (κ2) is 8.02. The number of alkyl halides is 1. The predicted octanol–water partition coefficient (Wildman–Crippen LogP) is 4.18. The van der Waals surface area contributed by atoms with Gasteiger partial charge in [0.15, 0.2) is 0 Å². The Kier molecular flexibility index (Phi) is 7.02. The first-order valence-electron chi connectivity index (χ1n) is 6.15. The average Bonchev–Trinajstić information content (AvgIpc) is 2.36. The van der Waals surface area contributed by atoms with Crippen molar-refractivity contribution in [2.45, 2.75) is 43.1 Å². The number of aliphatic hydroxyl groups is 1. The molecule has 17 heavy (non-hydrogen) atoms. The highest BCUT2D eigenvalue weighted by Crippen LogP contribution is 2.25. The molecule has 3 heteroatoms. The Bertz CT molecular complexity index is 304. The molecule has 1 rings (SSSR count). The summed E-state index contributed by atoms with van der Waals surface area (Å²) in [6.07, 6.45) is 1.49. The molecular weight excluding hydrogens is 252 g/mol. The average molecular weight is 273 g/mol. The van der Waals surface area contributed by atoms with Gasteiger partial charge in [-0.1, -0.05) is 38.5 Å². The van der Waals surface area contributed by atoms with E-state index in [-0.39, 0.29) is 11.3 Å². The summed E-state index contributed by atoms with van der Waals surface area (Å²) in [5.74, 6) is 1.12. The highest BCUT2D eigenvalue weighted by atomic mass is 35.5. The molecule has 1 aromatic rings. The maximum absolute atomic E-state index is 10.1. The van der Waals surface area contributed by atoms with Gasteiger partial charge in [0, 0.05) is 10.6 Å². The van der Waals surface area contributed by atoms with Crippen molar-refractivity contribution < 1.29 is 5.11 Å². The van der Waals surface area contributed by atoms with Gasteiger partial charge in [-0.25, -0.2) is 0 Å². The van der Waals surface area contributed by atoms with Gasteiger partial charge < -0.3 is 5.11 Å². The molecule has 0 bridgehead atoms. The van der Waals surface area contributed by atoms with Crippen molar-refractivity contribution in [3.05, 3.63) is 30.3 Å². The van der Waals surface area contributed by atoms with E-state index in [2.05, 4.69) is 26.0 Å². The van der Waals surface area contributed by atoms with Crippen LogP contribution in [0.2, 0.25) is 0 Å². The van der Waals surface area contributed by atoms with Crippen LogP contribution >= 0.6 is 23.4 Å². The van der Waals surface area contributed by atoms with Gasteiger partial charge in [0.1, 0.15) is 0 Å². The zero-order valence-electron chi connectivity index (χ0n) is 10.5. The minimum atomic E-state index is -0.409. The molecule has 0 unspecified atom stereocenters. The smallest absolute Gasteiger partial charge is 0.0737 e. The van der Waals surface area contributed by atoms with E-state index in [0.29, 0.717) is 0 Å². The molecule has 0 saturated heterocycles. The number of aliphatic hydroxyl groups excluding tert-OH is 1. The summed E-state index contributed by atoms with van der Waals surface area (Å²) in [6.45, 7) is 4.15. The van der Waals surface area contributed by atoms with Crippen LogP contribution in [0.5, 0.6) is 0 Å². The Morgan fingerprint density at radius 1 is 1.29 bits per heavy atom. The van der Waals surface area contributed by atoms with E-state index >= 15 is 0 Å². The molecule has 0 saturated carbocycles. The van der Waals surface area contributed by atoms with E-state index in [9.17, 15) is 5.11 Å². The number of thioether (sulfide) groups is 1. The zero-order chi connectivity index (χ0) is 12.7. The SMILES string of the molecule is CCC[C@H](Cl)[C@@H](O)[C@@H](C)CSc1ccccc1. The minimum Gasteiger partial charge on any atom is -0.391 e. The van der Waals surface area contributed by atoms with Crippen LogP contribution in [0.3, 0.4) is 0 Å². The molecule has 0 radical (unpaired) electrons. The van der Waals surface area contributed by atoms with Crippen LogP contribution < -0.4 is 0 Å². The highest BCUT2D eigenvalue weighted by Gasteiger charge is 2.22. The number of hydrogen-bond donors (Lipinski definition) is 1. The zero-order valence-corrected chi connectivity index (χ0v) is 12.0. The fourth-order valence-electron chi connectivity index (χ4n) is 1.65. The van der Waals surface area contributed by atoms with Crippen LogP contribution in [0.25, 0.3) is 0 Å². The van der Waals surface area contributed by atoms with E-state index in [1.165, 1.54) is 4.90 Å². The minimum absolute atomic E-state index is 0.119. The quantitative estimate of drug-likeness (QED) is 0.593. The topological polar surface area (TPSA) is 20.2 Å². The standard InChI is InChI=1S/C14H21ClOS/c1-3-7-13(15)14(16)11(2)10-17-12-8-5-4-6-9-12/h4-6,8-9,11,13-14,16H,3,7,10H2,1-2H3/t11-,13-,14-/m0/s1. The molecule has 0 aromatic heterocycles. The first-order valence-corrected chi connectivity index (χ1v) is 7.57. The van der Waals surface area contributed by atoms with Gasteiger partial charge in [-0.3, -0.25) is 0 Å². The van der Waals surface area contributed by atoms with Crippen molar-refractivity contribution in [2.24, 2.45) is 5.92 Å². The van der Waals surface area contributed by atoms with E-state index in [0.717, 1.165) is 18.6 Å². The van der Waals surface area contributed by atoms with Crippen LogP contribution in [0.15, 0.2) is 35.2 Å². The first kappa shape index (κ1) is 14.9. The lowest BCUT2D eigenvalue weighted by Crippen LogP contribution is -2.29. The molecule has 0 aliphatic rings. The summed E-state index contributed by atoms with van der Waals surface area (Å²) < 4.78 is 0. The largest absolute Gasteiger partial charge is 0.391 e. The van der Waals surface area contributed by atoms with Crippen LogP contribution in [-0.2, 0) is 0 Å². The lowest BCUT2D eigenvalue weighted by Gasteiger charge is -2.22. The lowest BCUT2D eigenvalue weighted by molar-refractivity contribution is 0.119. The van der Waals surface area contributed by atoms with Gasteiger partial charge in [0.05, 0.1) is 11.5 Å². The van der Waals surface area contributed by atoms with Crippen molar-refractivity contribution in [1.29, 1.82) is 0 Å². The van der Waals surface area contributed by atoms with E-state index in [1.54, 1.807) is 11.8 Å². The van der Waals surface area contributed by atoms with E-state index < -0.39 is 6.10 Å². The molecule has 0 heterocycles. The van der Waals surface area contributed by atoms with Crippen molar-refractivity contribution in [3.8, 4) is 0 Å². The van der Waals surface area contributed by atoms with Crippen molar-refractivity contribution in [1.82, 2.24) is 0 Å². The van der Waals surface area contributed by atoms with Crippen molar-refractivity contribution in [2.75, 3.05) is 5.75 Å². The monoisotopic (exact) mass is 272 g/mol. The van der Waals surface area contributed by atoms with Crippen molar-refractivity contribution in [3.63, 3.8) is 0 Å². The number of benzene rings is 1. The summed E-state index contributed by atoms with van der Waals surface area (Å²) in [6, 6.07) is 10.3. The maximum atomic E-state index is 10.1. The maximum Gasteiger partial charge on any atom is 0.0737 e. The third-order valence-electron chi connectivity index (χ3n) is 2.77. The molecule has 0 spiro atoms. The molecule has 96 valence electrons. The number of rotatable bonds is 7. The number of hydrogen-bond acceptors (Lipinski definition) is 2. The Morgan fingerprint density at radius 3 is 2.53 bits per heavy atom. The first-order chi connectivity index (χ1) is 8.15. The molecule has 0 aliphatic heterocycles. The van der Waals surface area contributed by atoms with Crippen LogP contribution in [0.4, 0.5) is 0 Å². The fraction of sp³-hybridized carbons (Fsp3) is 0.571. The second-order valence-electron chi connectivity index (χ2n) is 4.40. The van der Waals surface area contributed by atoms with Gasteiger partial charge in [-0.05, 0) is 24.5 Å². The Morgan fingerprint density at radius 2 is 1.94 bits per heavy atom. The second-order valence-corrected chi connectivity index (χ2v) is 6.05. The molecule has 1 nitrogen and oxygen atoms in total. The summed E-state index contributed by atoms with van der Waals surface area (Å²) in [4.78, 5) is 1.24. The lowest BCUT2D eigenvalue weighted by atomic mass is 10.0. The molecular formula is C14H21ClOS. The molecule has 1 aromatic carbocycles.